The van der Waals surface area contributed by atoms with Gasteiger partial charge in [0, 0.05) is 28.3 Å². The summed E-state index contributed by atoms with van der Waals surface area (Å²) in [6, 6.07) is 4.37. The lowest BCUT2D eigenvalue weighted by atomic mass is 9.77. The first-order valence-electron chi connectivity index (χ1n) is 6.81. The number of nitriles is 1. The summed E-state index contributed by atoms with van der Waals surface area (Å²) in [6.07, 6.45) is 2.40. The molecule has 2 aliphatic rings. The van der Waals surface area contributed by atoms with Crippen LogP contribution in [0.1, 0.15) is 42.5 Å². The lowest BCUT2D eigenvalue weighted by Crippen LogP contribution is -2.31. The molecule has 0 bridgehead atoms. The van der Waals surface area contributed by atoms with E-state index in [1.807, 2.05) is 19.2 Å². The molecule has 1 aliphatic carbocycles. The van der Waals surface area contributed by atoms with E-state index in [-0.39, 0.29) is 11.7 Å². The van der Waals surface area contributed by atoms with Crippen LogP contribution in [0, 0.1) is 18.3 Å². The Kier molecular flexibility index (Phi) is 3.23. The summed E-state index contributed by atoms with van der Waals surface area (Å²) in [4.78, 5) is 13.5. The number of carbonyl (C=O) groups is 1. The van der Waals surface area contributed by atoms with Gasteiger partial charge in [-0.2, -0.15) is 5.26 Å². The third-order valence-electron chi connectivity index (χ3n) is 4.06. The van der Waals surface area contributed by atoms with E-state index >= 15 is 0 Å². The molecule has 1 aromatic heterocycles. The quantitative estimate of drug-likeness (QED) is 0.858. The first-order valence-corrected chi connectivity index (χ1v) is 7.69. The van der Waals surface area contributed by atoms with Crippen molar-refractivity contribution >= 4 is 17.1 Å². The number of ketones is 1. The maximum absolute atomic E-state index is 12.4. The van der Waals surface area contributed by atoms with Crippen molar-refractivity contribution < 1.29 is 4.79 Å². The van der Waals surface area contributed by atoms with Gasteiger partial charge in [-0.15, -0.1) is 11.3 Å². The van der Waals surface area contributed by atoms with E-state index in [2.05, 4.69) is 17.5 Å². The highest BCUT2D eigenvalue weighted by atomic mass is 32.1. The number of aryl methyl sites for hydroxylation is 1. The van der Waals surface area contributed by atoms with Crippen molar-refractivity contribution in [1.82, 2.24) is 5.32 Å². The molecule has 0 amide bonds. The van der Waals surface area contributed by atoms with Gasteiger partial charge in [0.15, 0.2) is 5.78 Å². The highest BCUT2D eigenvalue weighted by Crippen LogP contribution is 2.44. The summed E-state index contributed by atoms with van der Waals surface area (Å²) < 4.78 is 0. The second kappa shape index (κ2) is 4.92. The van der Waals surface area contributed by atoms with Crippen LogP contribution in [-0.4, -0.2) is 5.78 Å². The third-order valence-corrected chi connectivity index (χ3v) is 5.14. The molecule has 3 nitrogen and oxygen atoms in total. The normalized spacial score (nSPS) is 22.4. The zero-order chi connectivity index (χ0) is 14.3. The Bertz CT molecular complexity index is 688. The second-order valence-corrected chi connectivity index (χ2v) is 6.29. The van der Waals surface area contributed by atoms with E-state index in [0.717, 1.165) is 40.2 Å². The van der Waals surface area contributed by atoms with Crippen molar-refractivity contribution in [1.29, 1.82) is 5.26 Å². The van der Waals surface area contributed by atoms with Gasteiger partial charge in [0.05, 0.1) is 17.6 Å². The van der Waals surface area contributed by atoms with Gasteiger partial charge in [0.1, 0.15) is 0 Å². The van der Waals surface area contributed by atoms with E-state index in [1.54, 1.807) is 11.3 Å². The Morgan fingerprint density at radius 2 is 2.20 bits per heavy atom. The molecule has 0 aromatic carbocycles. The van der Waals surface area contributed by atoms with Gasteiger partial charge in [-0.05, 0) is 43.7 Å². The monoisotopic (exact) mass is 284 g/mol. The molecule has 0 saturated heterocycles. The summed E-state index contributed by atoms with van der Waals surface area (Å²) in [7, 11) is 0. The van der Waals surface area contributed by atoms with E-state index in [1.165, 1.54) is 0 Å². The predicted octanol–water partition coefficient (Wildman–Crippen LogP) is 3.55. The number of Topliss-reactive ketones (excluding diaryl/α,β-unsaturated/α-hetero) is 1. The molecule has 1 aliphatic heterocycles. The SMILES string of the molecule is CC1=C(C#N)C(c2sccc2C)C2=C(CCCC2=O)N1. The van der Waals surface area contributed by atoms with Crippen molar-refractivity contribution in [2.75, 3.05) is 0 Å². The van der Waals surface area contributed by atoms with Gasteiger partial charge < -0.3 is 5.32 Å². The van der Waals surface area contributed by atoms with Crippen LogP contribution in [0.5, 0.6) is 0 Å². The van der Waals surface area contributed by atoms with Crippen molar-refractivity contribution in [2.45, 2.75) is 39.0 Å². The molecule has 20 heavy (non-hydrogen) atoms. The minimum Gasteiger partial charge on any atom is -0.361 e. The molecule has 0 radical (unpaired) electrons. The molecular weight excluding hydrogens is 268 g/mol. The van der Waals surface area contributed by atoms with Gasteiger partial charge in [0.2, 0.25) is 0 Å². The van der Waals surface area contributed by atoms with E-state index in [0.29, 0.717) is 12.0 Å². The van der Waals surface area contributed by atoms with Gasteiger partial charge in [-0.3, -0.25) is 4.79 Å². The second-order valence-electron chi connectivity index (χ2n) is 5.35. The van der Waals surface area contributed by atoms with E-state index in [4.69, 9.17) is 0 Å². The minimum absolute atomic E-state index is 0.163. The Hall–Kier alpha value is -1.86. The number of nitrogens with one attached hydrogen (secondary N) is 1. The summed E-state index contributed by atoms with van der Waals surface area (Å²) in [5.74, 6) is 0.0286. The van der Waals surface area contributed by atoms with Crippen LogP contribution in [0.15, 0.2) is 34.0 Å². The van der Waals surface area contributed by atoms with Crippen molar-refractivity contribution in [3.05, 3.63) is 44.4 Å². The maximum Gasteiger partial charge on any atom is 0.161 e. The molecule has 1 unspecified atom stereocenters. The van der Waals surface area contributed by atoms with Gasteiger partial charge in [-0.1, -0.05) is 0 Å². The summed E-state index contributed by atoms with van der Waals surface area (Å²) >= 11 is 1.64. The minimum atomic E-state index is -0.163. The van der Waals surface area contributed by atoms with Crippen LogP contribution in [0.2, 0.25) is 0 Å². The third kappa shape index (κ3) is 1.90. The number of carbonyl (C=O) groups excluding carboxylic acids is 1. The molecule has 0 saturated carbocycles. The number of rotatable bonds is 1. The molecule has 1 aromatic rings. The van der Waals surface area contributed by atoms with Crippen LogP contribution in [0.4, 0.5) is 0 Å². The smallest absolute Gasteiger partial charge is 0.161 e. The Labute approximate surface area is 122 Å². The summed E-state index contributed by atoms with van der Waals surface area (Å²) in [6.45, 7) is 3.98. The average molecular weight is 284 g/mol. The number of allylic oxidation sites excluding steroid dienone is 4. The molecule has 2 heterocycles. The molecule has 0 fully saturated rings. The van der Waals surface area contributed by atoms with E-state index in [9.17, 15) is 10.1 Å². The fourth-order valence-electron chi connectivity index (χ4n) is 3.07. The number of hydrogen-bond donors (Lipinski definition) is 1. The molecule has 4 heteroatoms. The predicted molar refractivity (Wildman–Crippen MR) is 79.1 cm³/mol. The lowest BCUT2D eigenvalue weighted by Gasteiger charge is -2.32. The maximum atomic E-state index is 12.4. The first kappa shape index (κ1) is 13.1. The van der Waals surface area contributed by atoms with Gasteiger partial charge >= 0.3 is 0 Å². The fraction of sp³-hybridized carbons (Fsp3) is 0.375. The highest BCUT2D eigenvalue weighted by molar-refractivity contribution is 7.10. The zero-order valence-electron chi connectivity index (χ0n) is 11.6. The van der Waals surface area contributed by atoms with Crippen LogP contribution >= 0.6 is 11.3 Å². The Morgan fingerprint density at radius 1 is 1.40 bits per heavy atom. The molecule has 1 atom stereocenters. The molecule has 0 spiro atoms. The number of dihydropyridines is 1. The van der Waals surface area contributed by atoms with Crippen molar-refractivity contribution in [3.8, 4) is 6.07 Å². The Morgan fingerprint density at radius 3 is 2.85 bits per heavy atom. The molecule has 102 valence electrons. The zero-order valence-corrected chi connectivity index (χ0v) is 12.4. The summed E-state index contributed by atoms with van der Waals surface area (Å²) in [5.41, 5.74) is 4.58. The van der Waals surface area contributed by atoms with Gasteiger partial charge in [-0.25, -0.2) is 0 Å². The average Bonchev–Trinajstić information content (AvgIpc) is 2.83. The number of hydrogen-bond acceptors (Lipinski definition) is 4. The summed E-state index contributed by atoms with van der Waals surface area (Å²) in [5, 5.41) is 14.8. The molecule has 1 N–H and O–H groups in total. The topological polar surface area (TPSA) is 52.9 Å². The standard InChI is InChI=1S/C16H16N2OS/c1-9-6-7-20-16(9)14-11(8-17)10(2)18-12-4-3-5-13(19)15(12)14/h6-7,14,18H,3-5H2,1-2H3. The van der Waals surface area contributed by atoms with Crippen LogP contribution in [0.3, 0.4) is 0 Å². The lowest BCUT2D eigenvalue weighted by molar-refractivity contribution is -0.116. The molecule has 3 rings (SSSR count). The highest BCUT2D eigenvalue weighted by Gasteiger charge is 2.36. The van der Waals surface area contributed by atoms with Gasteiger partial charge in [0.25, 0.3) is 0 Å². The van der Waals surface area contributed by atoms with Crippen LogP contribution in [0.25, 0.3) is 0 Å². The van der Waals surface area contributed by atoms with Crippen molar-refractivity contribution in [2.24, 2.45) is 0 Å². The largest absolute Gasteiger partial charge is 0.361 e. The van der Waals surface area contributed by atoms with E-state index < -0.39 is 0 Å². The number of thiophene rings is 1. The van der Waals surface area contributed by atoms with Crippen molar-refractivity contribution in [3.63, 3.8) is 0 Å². The van der Waals surface area contributed by atoms with Crippen LogP contribution < -0.4 is 5.32 Å². The first-order chi connectivity index (χ1) is 9.63. The molecular formula is C16H16N2OS. The Balaban J connectivity index is 2.21. The fourth-order valence-corrected chi connectivity index (χ4v) is 4.12. The number of nitrogens with zero attached hydrogens (tertiary/aromatic N) is 1. The van der Waals surface area contributed by atoms with Crippen LogP contribution in [-0.2, 0) is 4.79 Å².